The molecule has 3 rings (SSSR count). The molecule has 2 heterocycles. The Morgan fingerprint density at radius 1 is 1.34 bits per heavy atom. The van der Waals surface area contributed by atoms with Gasteiger partial charge in [0.15, 0.2) is 6.10 Å². The summed E-state index contributed by atoms with van der Waals surface area (Å²) in [5.41, 5.74) is -1.89. The number of halogens is 3. The summed E-state index contributed by atoms with van der Waals surface area (Å²) in [6.45, 7) is 4.86. The number of carbonyl (C=O) groups is 1. The van der Waals surface area contributed by atoms with Crippen molar-refractivity contribution in [3.8, 4) is 17.0 Å². The van der Waals surface area contributed by atoms with Gasteiger partial charge in [0.2, 0.25) is 11.2 Å². The number of alkyl halides is 3. The zero-order valence-electron chi connectivity index (χ0n) is 15.6. The molecule has 0 aliphatic rings. The first-order valence-electron chi connectivity index (χ1n) is 8.55. The Kier molecular flexibility index (Phi) is 5.65. The number of ether oxygens (including phenoxy) is 2. The molecule has 0 saturated heterocycles. The molecule has 0 bridgehead atoms. The van der Waals surface area contributed by atoms with Crippen LogP contribution in [0, 0.1) is 6.92 Å². The van der Waals surface area contributed by atoms with Crippen LogP contribution in [0.4, 0.5) is 13.2 Å². The fourth-order valence-corrected chi connectivity index (χ4v) is 3.27. The van der Waals surface area contributed by atoms with E-state index < -0.39 is 35.0 Å². The number of nitrogens with zero attached hydrogens (tertiary/aromatic N) is 1. The molecule has 0 saturated carbocycles. The Morgan fingerprint density at radius 3 is 2.66 bits per heavy atom. The number of fused-ring (bicyclic) bond motifs is 1. The first-order valence-corrected chi connectivity index (χ1v) is 9.43. The summed E-state index contributed by atoms with van der Waals surface area (Å²) >= 11 is 1.13. The number of benzene rings is 1. The minimum Gasteiger partial charge on any atom is -0.479 e. The van der Waals surface area contributed by atoms with Gasteiger partial charge in [-0.1, -0.05) is 0 Å². The molecule has 6 nitrogen and oxygen atoms in total. The van der Waals surface area contributed by atoms with Crippen molar-refractivity contribution >= 4 is 28.3 Å². The third-order valence-electron chi connectivity index (χ3n) is 3.93. The summed E-state index contributed by atoms with van der Waals surface area (Å²) in [6, 6.07) is 3.80. The van der Waals surface area contributed by atoms with Crippen molar-refractivity contribution < 1.29 is 31.9 Å². The van der Waals surface area contributed by atoms with Crippen molar-refractivity contribution in [2.24, 2.45) is 0 Å². The van der Waals surface area contributed by atoms with Crippen LogP contribution in [0.15, 0.2) is 32.8 Å². The zero-order chi connectivity index (χ0) is 21.3. The van der Waals surface area contributed by atoms with Crippen LogP contribution >= 0.6 is 11.3 Å². The maximum atomic E-state index is 13.6. The fraction of sp³-hybridized carbons (Fsp3) is 0.316. The standard InChI is InChI=1S/C19H16F3NO5S/c1-4-26-18(25)9(2)27-11-5-6-12-14(7-11)28-17(19(20,21)22)15(16(12)24)13-8-29-10(3)23-13/h5-9H,4H2,1-3H3/t9-/m1/s1. The van der Waals surface area contributed by atoms with E-state index in [9.17, 15) is 22.8 Å². The van der Waals surface area contributed by atoms with Gasteiger partial charge >= 0.3 is 12.1 Å². The number of aromatic nitrogens is 1. The molecule has 29 heavy (non-hydrogen) atoms. The monoisotopic (exact) mass is 427 g/mol. The second-order valence-corrected chi connectivity index (χ2v) is 7.12. The fourth-order valence-electron chi connectivity index (χ4n) is 2.67. The molecule has 10 heteroatoms. The molecule has 0 unspecified atom stereocenters. The van der Waals surface area contributed by atoms with Crippen molar-refractivity contribution in [1.29, 1.82) is 0 Å². The van der Waals surface area contributed by atoms with E-state index >= 15 is 0 Å². The van der Waals surface area contributed by atoms with E-state index in [2.05, 4.69) is 4.98 Å². The SMILES string of the molecule is CCOC(=O)[C@@H](C)Oc1ccc2c(=O)c(-c3csc(C)n3)c(C(F)(F)F)oc2c1. The Balaban J connectivity index is 2.13. The van der Waals surface area contributed by atoms with Gasteiger partial charge in [0, 0.05) is 11.4 Å². The first kappa shape index (κ1) is 20.8. The number of esters is 1. The summed E-state index contributed by atoms with van der Waals surface area (Å²) in [5, 5.41) is 1.83. The highest BCUT2D eigenvalue weighted by atomic mass is 32.1. The maximum Gasteiger partial charge on any atom is 0.450 e. The minimum absolute atomic E-state index is 0.0604. The summed E-state index contributed by atoms with van der Waals surface area (Å²) in [5.74, 6) is -2.00. The van der Waals surface area contributed by atoms with Crippen LogP contribution in [0.2, 0.25) is 0 Å². The van der Waals surface area contributed by atoms with Gasteiger partial charge in [0.1, 0.15) is 11.3 Å². The topological polar surface area (TPSA) is 78.6 Å². The lowest BCUT2D eigenvalue weighted by Crippen LogP contribution is -2.26. The lowest BCUT2D eigenvalue weighted by atomic mass is 10.1. The van der Waals surface area contributed by atoms with Gasteiger partial charge in [0.05, 0.1) is 28.3 Å². The van der Waals surface area contributed by atoms with E-state index in [1.165, 1.54) is 24.4 Å². The number of aryl methyl sites for hydroxylation is 1. The predicted molar refractivity (Wildman–Crippen MR) is 100 cm³/mol. The molecule has 0 spiro atoms. The van der Waals surface area contributed by atoms with Crippen LogP contribution in [0.5, 0.6) is 5.75 Å². The number of rotatable bonds is 5. The van der Waals surface area contributed by atoms with Crippen molar-refractivity contribution in [3.63, 3.8) is 0 Å². The van der Waals surface area contributed by atoms with Crippen molar-refractivity contribution in [1.82, 2.24) is 4.98 Å². The Morgan fingerprint density at radius 2 is 2.07 bits per heavy atom. The molecule has 0 aliphatic heterocycles. The Labute approximate surface area is 166 Å². The quantitative estimate of drug-likeness (QED) is 0.555. The Hall–Kier alpha value is -2.88. The predicted octanol–water partition coefficient (Wildman–Crippen LogP) is 4.57. The number of hydrogen-bond acceptors (Lipinski definition) is 7. The summed E-state index contributed by atoms with van der Waals surface area (Å²) in [7, 11) is 0. The van der Waals surface area contributed by atoms with Crippen LogP contribution < -0.4 is 10.2 Å². The van der Waals surface area contributed by atoms with Crippen LogP contribution in [-0.4, -0.2) is 23.7 Å². The smallest absolute Gasteiger partial charge is 0.450 e. The van der Waals surface area contributed by atoms with Crippen LogP contribution in [0.1, 0.15) is 24.6 Å². The molecular formula is C19H16F3NO5S. The highest BCUT2D eigenvalue weighted by molar-refractivity contribution is 7.09. The summed E-state index contributed by atoms with van der Waals surface area (Å²) < 4.78 is 56.1. The molecule has 3 aromatic rings. The lowest BCUT2D eigenvalue weighted by Gasteiger charge is -2.15. The van der Waals surface area contributed by atoms with E-state index in [0.29, 0.717) is 5.01 Å². The third-order valence-corrected chi connectivity index (χ3v) is 4.70. The van der Waals surface area contributed by atoms with Gasteiger partial charge in [-0.3, -0.25) is 4.79 Å². The number of hydrogen-bond donors (Lipinski definition) is 0. The van der Waals surface area contributed by atoms with Gasteiger partial charge < -0.3 is 13.9 Å². The highest BCUT2D eigenvalue weighted by Gasteiger charge is 2.40. The Bertz CT molecular complexity index is 1120. The molecule has 154 valence electrons. The lowest BCUT2D eigenvalue weighted by molar-refractivity contribution is -0.152. The second-order valence-electron chi connectivity index (χ2n) is 6.05. The van der Waals surface area contributed by atoms with E-state index in [1.54, 1.807) is 13.8 Å². The summed E-state index contributed by atoms with van der Waals surface area (Å²) in [4.78, 5) is 28.5. The molecule has 2 aromatic heterocycles. The first-order chi connectivity index (χ1) is 13.6. The van der Waals surface area contributed by atoms with Gasteiger partial charge in [-0.25, -0.2) is 9.78 Å². The third kappa shape index (κ3) is 4.26. The van der Waals surface area contributed by atoms with Gasteiger partial charge in [-0.05, 0) is 32.9 Å². The van der Waals surface area contributed by atoms with E-state index in [0.717, 1.165) is 17.4 Å². The molecule has 1 atom stereocenters. The molecule has 0 aliphatic carbocycles. The average Bonchev–Trinajstić information content (AvgIpc) is 3.06. The van der Waals surface area contributed by atoms with Crippen molar-refractivity contribution in [2.75, 3.05) is 6.61 Å². The van der Waals surface area contributed by atoms with Crippen LogP contribution in [0.25, 0.3) is 22.2 Å². The number of thiazole rings is 1. The van der Waals surface area contributed by atoms with Gasteiger partial charge in [0.25, 0.3) is 0 Å². The molecular weight excluding hydrogens is 411 g/mol. The average molecular weight is 427 g/mol. The molecule has 0 fully saturated rings. The molecule has 0 radical (unpaired) electrons. The second kappa shape index (κ2) is 7.86. The minimum atomic E-state index is -4.91. The van der Waals surface area contributed by atoms with Crippen LogP contribution in [0.3, 0.4) is 0 Å². The van der Waals surface area contributed by atoms with E-state index in [-0.39, 0.29) is 29.0 Å². The van der Waals surface area contributed by atoms with Crippen molar-refractivity contribution in [2.45, 2.75) is 33.1 Å². The molecule has 1 aromatic carbocycles. The van der Waals surface area contributed by atoms with E-state index in [4.69, 9.17) is 13.9 Å². The molecule has 0 amide bonds. The highest BCUT2D eigenvalue weighted by Crippen LogP contribution is 2.38. The van der Waals surface area contributed by atoms with Crippen LogP contribution in [-0.2, 0) is 15.7 Å². The van der Waals surface area contributed by atoms with Gasteiger partial charge in [-0.15, -0.1) is 11.3 Å². The van der Waals surface area contributed by atoms with E-state index in [1.807, 2.05) is 0 Å². The largest absolute Gasteiger partial charge is 0.479 e. The molecule has 0 N–H and O–H groups in total. The summed E-state index contributed by atoms with van der Waals surface area (Å²) in [6.07, 6.45) is -5.89. The number of carbonyl (C=O) groups excluding carboxylic acids is 1. The zero-order valence-corrected chi connectivity index (χ0v) is 16.4. The van der Waals surface area contributed by atoms with Crippen molar-refractivity contribution in [3.05, 3.63) is 44.6 Å². The normalized spacial score (nSPS) is 12.8. The van der Waals surface area contributed by atoms with Gasteiger partial charge in [-0.2, -0.15) is 13.2 Å². The maximum absolute atomic E-state index is 13.6.